The van der Waals surface area contributed by atoms with Gasteiger partial charge in [-0.2, -0.15) is 0 Å². The van der Waals surface area contributed by atoms with Crippen LogP contribution in [0.25, 0.3) is 110 Å². The Kier molecular flexibility index (Phi) is 23.9. The zero-order valence-electron chi connectivity index (χ0n) is 70.0. The molecule has 0 aromatic heterocycles. The monoisotopic (exact) mass is 1530 g/mol. The second kappa shape index (κ2) is 32.1. The summed E-state index contributed by atoms with van der Waals surface area (Å²) >= 11 is 0. The summed E-state index contributed by atoms with van der Waals surface area (Å²) in [6.45, 7) is 53.3. The average molecular weight is 1530 g/mol. The van der Waals surface area contributed by atoms with Gasteiger partial charge < -0.3 is 27.9 Å². The normalized spacial score (nSPS) is 13.8. The molecule has 11 heteroatoms. The molecule has 12 aromatic carbocycles. The number of phosphoric acid groups is 2. The summed E-state index contributed by atoms with van der Waals surface area (Å²) in [6.07, 6.45) is 0. The van der Waals surface area contributed by atoms with Crippen molar-refractivity contribution in [1.29, 1.82) is 0 Å². The van der Waals surface area contributed by atoms with Gasteiger partial charge in [-0.25, -0.2) is 9.13 Å². The first-order chi connectivity index (χ1) is 52.0. The number of benzene rings is 12. The molecule has 0 atom stereocenters. The third kappa shape index (κ3) is 15.6. The molecule has 0 aliphatic carbocycles. The number of hydrogen-bond acceptors (Lipinski definition) is 8. The van der Waals surface area contributed by atoms with E-state index in [4.69, 9.17) is 18.1 Å². The van der Waals surface area contributed by atoms with Gasteiger partial charge >= 0.3 is 38.7 Å². The van der Waals surface area contributed by atoms with Crippen LogP contribution in [0.4, 0.5) is 0 Å². The molecule has 0 saturated carbocycles. The molecular weight excluding hydrogens is 1420 g/mol. The van der Waals surface area contributed by atoms with Gasteiger partial charge in [0.05, 0.1) is 0 Å². The van der Waals surface area contributed by atoms with Gasteiger partial charge in [0.2, 0.25) is 0 Å². The SMILES string of the molecule is CC(C)c1cc(C(C)C)c(-c2cc3ccccc3c3c2OP(=O)([O-])Oc2c(-c4c(C(C)C)cc(C(C)C)cc4C(C)C)cc4ccccc4c2-3)c(C(C)C)c1.CC(C)c1cc(C(C)C)c(-c2cc3ccccc3c3c2OP(=O)([O-])Oc2c(-c4c(C(C)C)cc(C(C)C)cc4C(C)C)cc4ccccc4c2-3)c(C(C)C)c1.[Mg+2]. The van der Waals surface area contributed by atoms with E-state index in [9.17, 15) is 18.9 Å². The van der Waals surface area contributed by atoms with Crippen molar-refractivity contribution >= 4 is 81.8 Å². The van der Waals surface area contributed by atoms with Crippen LogP contribution in [0.15, 0.2) is 170 Å². The smallest absolute Gasteiger partial charge is 0.736 e. The Morgan fingerprint density at radius 2 is 0.378 bits per heavy atom. The summed E-state index contributed by atoms with van der Waals surface area (Å²) in [5, 5.41) is 7.67. The van der Waals surface area contributed by atoms with Gasteiger partial charge in [-0.1, -0.05) is 312 Å². The van der Waals surface area contributed by atoms with Crippen molar-refractivity contribution in [3.8, 4) is 89.8 Å². The van der Waals surface area contributed by atoms with Gasteiger partial charge in [-0.3, -0.25) is 0 Å². The van der Waals surface area contributed by atoms with Gasteiger partial charge in [0.15, 0.2) is 0 Å². The maximum Gasteiger partial charge on any atom is 2.00 e. The molecule has 572 valence electrons. The van der Waals surface area contributed by atoms with E-state index in [0.29, 0.717) is 46.7 Å². The molecule has 8 nitrogen and oxygen atoms in total. The van der Waals surface area contributed by atoms with E-state index < -0.39 is 15.6 Å². The molecule has 0 unspecified atom stereocenters. The number of hydrogen-bond donors (Lipinski definition) is 0. The molecule has 111 heavy (non-hydrogen) atoms. The first-order valence-electron chi connectivity index (χ1n) is 40.3. The zero-order valence-corrected chi connectivity index (χ0v) is 73.2. The van der Waals surface area contributed by atoms with Crippen LogP contribution in [-0.4, -0.2) is 23.1 Å². The molecule has 0 saturated heterocycles. The summed E-state index contributed by atoms with van der Waals surface area (Å²) in [4.78, 5) is 29.2. The molecule has 0 fully saturated rings. The Morgan fingerprint density at radius 3 is 0.523 bits per heavy atom. The fourth-order valence-electron chi connectivity index (χ4n) is 17.0. The van der Waals surface area contributed by atoms with Crippen molar-refractivity contribution in [2.45, 2.75) is 237 Å². The molecule has 0 spiro atoms. The molecular formula is C100H112MgO8P2. The predicted molar refractivity (Wildman–Crippen MR) is 468 cm³/mol. The van der Waals surface area contributed by atoms with Crippen molar-refractivity contribution < 1.29 is 37.0 Å². The molecule has 14 rings (SSSR count). The van der Waals surface area contributed by atoms with Crippen LogP contribution in [0.5, 0.6) is 23.0 Å². The molecule has 0 bridgehead atoms. The average Bonchev–Trinajstić information content (AvgIpc) is 1.66. The third-order valence-electron chi connectivity index (χ3n) is 22.9. The molecule has 2 heterocycles. The van der Waals surface area contributed by atoms with Crippen LogP contribution in [0, 0.1) is 0 Å². The van der Waals surface area contributed by atoms with Gasteiger partial charge in [-0.15, -0.1) is 0 Å². The Hall–Kier alpha value is -7.97. The first kappa shape index (κ1) is 82.5. The zero-order chi connectivity index (χ0) is 79.3. The number of fused-ring (bicyclic) bond motifs is 14. The minimum absolute atomic E-state index is 0. The van der Waals surface area contributed by atoms with Crippen LogP contribution < -0.4 is 27.9 Å². The predicted octanol–water partition coefficient (Wildman–Crippen LogP) is 29.6. The maximum atomic E-state index is 14.6. The van der Waals surface area contributed by atoms with Crippen LogP contribution >= 0.6 is 15.6 Å². The van der Waals surface area contributed by atoms with E-state index in [2.05, 4.69) is 312 Å². The van der Waals surface area contributed by atoms with E-state index in [-0.39, 0.29) is 70.4 Å². The quantitative estimate of drug-likeness (QED) is 0.0694. The molecule has 2 aliphatic rings. The maximum absolute atomic E-state index is 14.6. The summed E-state index contributed by atoms with van der Waals surface area (Å²) in [5.41, 5.74) is 24.7. The Morgan fingerprint density at radius 1 is 0.225 bits per heavy atom. The minimum Gasteiger partial charge on any atom is -0.736 e. The topological polar surface area (TPSA) is 117 Å². The molecule has 0 N–H and O–H groups in total. The van der Waals surface area contributed by atoms with Gasteiger partial charge in [0.1, 0.15) is 23.0 Å². The Balaban J connectivity index is 0.000000204. The third-order valence-corrected chi connectivity index (χ3v) is 24.6. The van der Waals surface area contributed by atoms with Crippen LogP contribution in [0.2, 0.25) is 0 Å². The number of phosphoric ester groups is 2. The summed E-state index contributed by atoms with van der Waals surface area (Å²) in [5.74, 6) is 4.01. The van der Waals surface area contributed by atoms with Crippen molar-refractivity contribution in [3.05, 3.63) is 237 Å². The molecule has 12 aromatic rings. The second-order valence-corrected chi connectivity index (χ2v) is 37.3. The Labute approximate surface area is 677 Å². The fourth-order valence-corrected chi connectivity index (χ4v) is 18.7. The summed E-state index contributed by atoms with van der Waals surface area (Å²) in [7, 11) is -10.0. The first-order valence-corrected chi connectivity index (χ1v) is 43.3. The minimum atomic E-state index is -5.00. The Bertz CT molecular complexity index is 4900. The van der Waals surface area contributed by atoms with Crippen molar-refractivity contribution in [2.24, 2.45) is 0 Å². The fraction of sp³-hybridized carbons (Fsp3) is 0.360. The van der Waals surface area contributed by atoms with E-state index >= 15 is 0 Å². The van der Waals surface area contributed by atoms with Gasteiger partial charge in [0, 0.05) is 44.5 Å². The second-order valence-electron chi connectivity index (χ2n) is 34.8. The van der Waals surface area contributed by atoms with E-state index in [0.717, 1.165) is 110 Å². The summed E-state index contributed by atoms with van der Waals surface area (Å²) in [6, 6.07) is 60.1. The van der Waals surface area contributed by atoms with E-state index in [1.54, 1.807) is 0 Å². The van der Waals surface area contributed by atoms with E-state index in [1.165, 1.54) is 66.8 Å². The van der Waals surface area contributed by atoms with Crippen LogP contribution in [-0.2, 0) is 9.13 Å². The van der Waals surface area contributed by atoms with Crippen molar-refractivity contribution in [2.75, 3.05) is 0 Å². The van der Waals surface area contributed by atoms with Gasteiger partial charge in [-0.05, 0) is 227 Å². The molecule has 0 radical (unpaired) electrons. The van der Waals surface area contributed by atoms with Crippen molar-refractivity contribution in [3.63, 3.8) is 0 Å². The van der Waals surface area contributed by atoms with Crippen LogP contribution in [0.1, 0.15) is 304 Å². The van der Waals surface area contributed by atoms with Crippen LogP contribution in [0.3, 0.4) is 0 Å². The van der Waals surface area contributed by atoms with Crippen molar-refractivity contribution in [1.82, 2.24) is 0 Å². The standard InChI is InChI=1S/2C50H57O4P.Mg/c2*1-27(2)35-23-39(29(5)6)45(40(24-35)30(7)8)43-21-33-17-13-15-19-37(33)47-48-38-20-16-14-18-34(38)22-44(50(48)54-55(51,52)53-49(43)47)46-41(31(9)10)25-36(28(3)4)26-42(46)32(11)12;/h2*13-32H,1-12H3,(H,51,52);/q;;+2/p-2. The summed E-state index contributed by atoms with van der Waals surface area (Å²) < 4.78 is 54.7. The number of rotatable bonds is 16. The molecule has 2 aliphatic heterocycles. The molecule has 0 amide bonds. The van der Waals surface area contributed by atoms with E-state index in [1.807, 2.05) is 24.3 Å². The largest absolute Gasteiger partial charge is 2.00 e. The van der Waals surface area contributed by atoms with Gasteiger partial charge in [0.25, 0.3) is 0 Å².